The number of esters is 1. The zero-order chi connectivity index (χ0) is 26.7. The maximum atomic E-state index is 12.2. The lowest BCUT2D eigenvalue weighted by atomic mass is 10.0. The predicted octanol–water partition coefficient (Wildman–Crippen LogP) is 2.82. The van der Waals surface area contributed by atoms with Crippen molar-refractivity contribution in [3.63, 3.8) is 0 Å². The van der Waals surface area contributed by atoms with Crippen LogP contribution in [-0.2, 0) is 23.7 Å². The van der Waals surface area contributed by atoms with Gasteiger partial charge in [0.25, 0.3) is 0 Å². The van der Waals surface area contributed by atoms with E-state index in [2.05, 4.69) is 6.92 Å². The predicted molar refractivity (Wildman–Crippen MR) is 135 cm³/mol. The maximum absolute atomic E-state index is 12.2. The van der Waals surface area contributed by atoms with Crippen LogP contribution >= 0.6 is 34.8 Å². The van der Waals surface area contributed by atoms with Crippen molar-refractivity contribution >= 4 is 40.8 Å². The quantitative estimate of drug-likeness (QED) is 0.124. The normalized spacial score (nSPS) is 36.8. The molecule has 3 unspecified atom stereocenters. The Balaban J connectivity index is 1.80. The summed E-state index contributed by atoms with van der Waals surface area (Å²) in [6.07, 6.45) is 0.821. The van der Waals surface area contributed by atoms with Gasteiger partial charge in [-0.3, -0.25) is 4.79 Å². The lowest BCUT2D eigenvalue weighted by molar-refractivity contribution is -0.357. The highest BCUT2D eigenvalue weighted by Gasteiger charge is 2.58. The first-order chi connectivity index (χ1) is 17.2. The molecule has 4 N–H and O–H groups in total. The molecule has 2 heterocycles. The number of halogens is 3. The largest absolute Gasteiger partial charge is 0.463 e. The topological polar surface area (TPSA) is 135 Å². The third kappa shape index (κ3) is 8.79. The van der Waals surface area contributed by atoms with Crippen molar-refractivity contribution in [1.29, 1.82) is 0 Å². The molecule has 2 aliphatic rings. The van der Waals surface area contributed by atoms with Gasteiger partial charge in [-0.15, -0.1) is 34.8 Å². The molecule has 36 heavy (non-hydrogen) atoms. The molecule has 0 bridgehead atoms. The van der Waals surface area contributed by atoms with E-state index in [0.29, 0.717) is 6.42 Å². The van der Waals surface area contributed by atoms with E-state index in [-0.39, 0.29) is 18.9 Å². The summed E-state index contributed by atoms with van der Waals surface area (Å²) in [5, 5.41) is 40.3. The van der Waals surface area contributed by atoms with Gasteiger partial charge >= 0.3 is 5.97 Å². The van der Waals surface area contributed by atoms with Gasteiger partial charge in [0.1, 0.15) is 43.2 Å². The summed E-state index contributed by atoms with van der Waals surface area (Å²) in [6, 6.07) is 0. The van der Waals surface area contributed by atoms with Crippen molar-refractivity contribution in [3.05, 3.63) is 0 Å². The highest BCUT2D eigenvalue weighted by Crippen LogP contribution is 2.38. The van der Waals surface area contributed by atoms with Crippen LogP contribution in [0.5, 0.6) is 0 Å². The summed E-state index contributed by atoms with van der Waals surface area (Å²) in [6.45, 7) is 1.93. The molecule has 9 atom stereocenters. The summed E-state index contributed by atoms with van der Waals surface area (Å²) in [7, 11) is 0. The van der Waals surface area contributed by atoms with Crippen LogP contribution < -0.4 is 0 Å². The molecule has 2 fully saturated rings. The van der Waals surface area contributed by atoms with E-state index < -0.39 is 65.9 Å². The Labute approximate surface area is 228 Å². The van der Waals surface area contributed by atoms with E-state index in [1.165, 1.54) is 32.1 Å². The maximum Gasteiger partial charge on any atom is 0.305 e. The molecule has 2 aliphatic heterocycles. The third-order valence-corrected chi connectivity index (χ3v) is 7.89. The van der Waals surface area contributed by atoms with E-state index in [4.69, 9.17) is 53.8 Å². The van der Waals surface area contributed by atoms with Crippen LogP contribution in [0.3, 0.4) is 0 Å². The van der Waals surface area contributed by atoms with Gasteiger partial charge in [-0.05, 0) is 6.42 Å². The molecule has 2 rings (SSSR count). The van der Waals surface area contributed by atoms with Crippen molar-refractivity contribution in [1.82, 2.24) is 0 Å². The molecule has 0 amide bonds. The Morgan fingerprint density at radius 2 is 1.50 bits per heavy atom. The number of aliphatic hydroxyl groups is 4. The molecule has 0 aromatic carbocycles. The summed E-state index contributed by atoms with van der Waals surface area (Å²) in [5.74, 6) is -2.92. The van der Waals surface area contributed by atoms with E-state index in [1.807, 2.05) is 0 Å². The second kappa shape index (κ2) is 16.2. The van der Waals surface area contributed by atoms with Crippen LogP contribution in [0, 0.1) is 0 Å². The summed E-state index contributed by atoms with van der Waals surface area (Å²) in [4.78, 5) is 12.2. The van der Waals surface area contributed by atoms with Crippen LogP contribution in [-0.4, -0.2) is 98.8 Å². The van der Waals surface area contributed by atoms with Gasteiger partial charge in [-0.2, -0.15) is 0 Å². The summed E-state index contributed by atoms with van der Waals surface area (Å²) < 4.78 is 22.1. The number of alkyl halides is 3. The summed E-state index contributed by atoms with van der Waals surface area (Å²) >= 11 is 18.0. The van der Waals surface area contributed by atoms with Crippen molar-refractivity contribution in [2.75, 3.05) is 18.4 Å². The van der Waals surface area contributed by atoms with Gasteiger partial charge in [0, 0.05) is 6.42 Å². The molecule has 0 aromatic rings. The van der Waals surface area contributed by atoms with Gasteiger partial charge in [0.05, 0.1) is 17.1 Å². The van der Waals surface area contributed by atoms with Gasteiger partial charge in [-0.25, -0.2) is 0 Å². The zero-order valence-corrected chi connectivity index (χ0v) is 23.0. The first-order valence-electron chi connectivity index (χ1n) is 12.9. The minimum absolute atomic E-state index is 0.141. The van der Waals surface area contributed by atoms with Crippen molar-refractivity contribution in [3.8, 4) is 0 Å². The fourth-order valence-corrected chi connectivity index (χ4v) is 5.18. The molecule has 2 saturated heterocycles. The first-order valence-corrected chi connectivity index (χ1v) is 14.4. The monoisotopic (exact) mass is 578 g/mol. The molecule has 0 aliphatic carbocycles. The second-order valence-corrected chi connectivity index (χ2v) is 10.6. The van der Waals surface area contributed by atoms with E-state index in [9.17, 15) is 25.2 Å². The molecule has 12 heteroatoms. The average Bonchev–Trinajstić information content (AvgIpc) is 3.12. The lowest BCUT2D eigenvalue weighted by Crippen LogP contribution is -2.61. The molecular formula is C24H41Cl3O9. The number of unbranched alkanes of at least 4 members (excludes halogenated alkanes) is 8. The Hall–Kier alpha value is 0.0600. The fourth-order valence-electron chi connectivity index (χ4n) is 4.37. The first kappa shape index (κ1) is 32.3. The number of carbonyl (C=O) groups is 1. The zero-order valence-electron chi connectivity index (χ0n) is 20.8. The average molecular weight is 580 g/mol. The van der Waals surface area contributed by atoms with Crippen molar-refractivity contribution in [2.45, 2.75) is 125 Å². The van der Waals surface area contributed by atoms with Crippen LogP contribution in [0.2, 0.25) is 0 Å². The van der Waals surface area contributed by atoms with Crippen molar-refractivity contribution in [2.24, 2.45) is 0 Å². The van der Waals surface area contributed by atoms with E-state index >= 15 is 0 Å². The van der Waals surface area contributed by atoms with E-state index in [0.717, 1.165) is 19.3 Å². The van der Waals surface area contributed by atoms with Gasteiger partial charge in [-0.1, -0.05) is 58.3 Å². The number of rotatable bonds is 16. The number of carbonyl (C=O) groups excluding carboxylic acids is 1. The SMILES string of the molecule is CCCCCCCCCCCC(=O)OCC1O[C@@H](O[C@@]2(CCl)O[C@@H](CCl)C(O)[C@H]2O)C(O)[C@@H](O)[C@H]1Cl. The summed E-state index contributed by atoms with van der Waals surface area (Å²) in [5.41, 5.74) is 0. The molecule has 9 nitrogen and oxygen atoms in total. The fraction of sp³-hybridized carbons (Fsp3) is 0.958. The molecule has 0 saturated carbocycles. The Bertz CT molecular complexity index is 646. The molecule has 0 spiro atoms. The highest BCUT2D eigenvalue weighted by atomic mass is 35.5. The third-order valence-electron chi connectivity index (χ3n) is 6.67. The van der Waals surface area contributed by atoms with Crippen LogP contribution in [0.25, 0.3) is 0 Å². The van der Waals surface area contributed by atoms with Crippen LogP contribution in [0.4, 0.5) is 0 Å². The van der Waals surface area contributed by atoms with Gasteiger partial charge < -0.3 is 39.4 Å². The minimum Gasteiger partial charge on any atom is -0.463 e. The Morgan fingerprint density at radius 3 is 2.06 bits per heavy atom. The second-order valence-electron chi connectivity index (χ2n) is 9.54. The Morgan fingerprint density at radius 1 is 0.889 bits per heavy atom. The minimum atomic E-state index is -1.94. The highest BCUT2D eigenvalue weighted by molar-refractivity contribution is 6.21. The van der Waals surface area contributed by atoms with Gasteiger partial charge in [0.2, 0.25) is 5.79 Å². The van der Waals surface area contributed by atoms with Gasteiger partial charge in [0.15, 0.2) is 6.29 Å². The number of aliphatic hydroxyl groups excluding tert-OH is 4. The number of hydrogen-bond acceptors (Lipinski definition) is 9. The van der Waals surface area contributed by atoms with Crippen LogP contribution in [0.1, 0.15) is 71.1 Å². The van der Waals surface area contributed by atoms with E-state index in [1.54, 1.807) is 0 Å². The standard InChI is InChI=1S/C24H41Cl3O9/c1-2-3-4-5-6-7-8-9-10-11-17(28)33-13-16-18(27)20(30)21(31)23(34-16)36-24(14-26)22(32)19(29)15(12-25)35-24/h15-16,18-23,29-32H,2-14H2,1H3/t15-,16?,18-,19?,20-,21?,22+,23-,24+/m0/s1. The Kier molecular flexibility index (Phi) is 14.5. The molecular weight excluding hydrogens is 539 g/mol. The van der Waals surface area contributed by atoms with Crippen molar-refractivity contribution < 1.29 is 44.2 Å². The molecule has 0 radical (unpaired) electrons. The smallest absolute Gasteiger partial charge is 0.305 e. The number of hydrogen-bond donors (Lipinski definition) is 4. The number of ether oxygens (including phenoxy) is 4. The van der Waals surface area contributed by atoms with Crippen LogP contribution in [0.15, 0.2) is 0 Å². The lowest BCUT2D eigenvalue weighted by Gasteiger charge is -2.43. The molecule has 212 valence electrons. The molecule has 0 aromatic heterocycles.